The first-order valence-electron chi connectivity index (χ1n) is 5.69. The smallest absolute Gasteiger partial charge is 0.125 e. The average Bonchev–Trinajstić information content (AvgIpc) is 2.37. The molecular formula is C15H16N2. The molecule has 2 nitrogen and oxygen atoms in total. The summed E-state index contributed by atoms with van der Waals surface area (Å²) >= 11 is 0. The molecule has 0 aliphatic heterocycles. The lowest BCUT2D eigenvalue weighted by atomic mass is 10.1. The van der Waals surface area contributed by atoms with Gasteiger partial charge in [-0.1, -0.05) is 54.1 Å². The Kier molecular flexibility index (Phi) is 3.55. The topological polar surface area (TPSA) is 35.9 Å². The summed E-state index contributed by atoms with van der Waals surface area (Å²) in [7, 11) is 0. The van der Waals surface area contributed by atoms with E-state index in [9.17, 15) is 0 Å². The van der Waals surface area contributed by atoms with Gasteiger partial charge in [0.15, 0.2) is 0 Å². The number of benzene rings is 2. The van der Waals surface area contributed by atoms with Crippen molar-refractivity contribution in [3.8, 4) is 0 Å². The Hall–Kier alpha value is -2.09. The zero-order valence-corrected chi connectivity index (χ0v) is 9.90. The normalized spacial score (nSPS) is 9.94. The third kappa shape index (κ3) is 3.18. The van der Waals surface area contributed by atoms with Crippen LogP contribution in [0.3, 0.4) is 0 Å². The lowest BCUT2D eigenvalue weighted by Gasteiger charge is -2.08. The number of hydrogen-bond acceptors (Lipinski definition) is 1. The molecule has 86 valence electrons. The van der Waals surface area contributed by atoms with Crippen molar-refractivity contribution >= 4 is 5.84 Å². The van der Waals surface area contributed by atoms with Gasteiger partial charge in [-0.05, 0) is 18.6 Å². The third-order valence-electron chi connectivity index (χ3n) is 2.62. The second-order valence-corrected chi connectivity index (χ2v) is 4.08. The predicted molar refractivity (Wildman–Crippen MR) is 71.3 cm³/mol. The largest absolute Gasteiger partial charge is 0.366 e. The highest BCUT2D eigenvalue weighted by Gasteiger charge is 2.00. The summed E-state index contributed by atoms with van der Waals surface area (Å²) in [5, 5.41) is 11.1. The third-order valence-corrected chi connectivity index (χ3v) is 2.62. The van der Waals surface area contributed by atoms with E-state index >= 15 is 0 Å². The van der Waals surface area contributed by atoms with Crippen molar-refractivity contribution in [1.82, 2.24) is 5.32 Å². The number of amidine groups is 1. The minimum absolute atomic E-state index is 0.470. The standard InChI is InChI=1S/C15H16N2/c1-12-6-5-9-14(10-12)15(16)17-11-13-7-3-2-4-8-13/h2-10H,11H2,1H3,(H2,16,17). The predicted octanol–water partition coefficient (Wildman–Crippen LogP) is 3.11. The van der Waals surface area contributed by atoms with Crippen molar-refractivity contribution in [1.29, 1.82) is 5.41 Å². The molecule has 0 aromatic heterocycles. The molecule has 0 fully saturated rings. The highest BCUT2D eigenvalue weighted by atomic mass is 14.9. The molecule has 0 atom stereocenters. The second-order valence-electron chi connectivity index (χ2n) is 4.08. The minimum Gasteiger partial charge on any atom is -0.366 e. The van der Waals surface area contributed by atoms with Crippen molar-refractivity contribution in [2.45, 2.75) is 13.5 Å². The van der Waals surface area contributed by atoms with Crippen LogP contribution in [0, 0.1) is 12.3 Å². The first-order valence-corrected chi connectivity index (χ1v) is 5.69. The van der Waals surface area contributed by atoms with Gasteiger partial charge < -0.3 is 5.32 Å². The number of rotatable bonds is 3. The van der Waals surface area contributed by atoms with Gasteiger partial charge in [0, 0.05) is 12.1 Å². The summed E-state index contributed by atoms with van der Waals surface area (Å²) in [5.74, 6) is 0.470. The lowest BCUT2D eigenvalue weighted by Crippen LogP contribution is -2.22. The van der Waals surface area contributed by atoms with E-state index in [-0.39, 0.29) is 0 Å². The summed E-state index contributed by atoms with van der Waals surface area (Å²) in [6.45, 7) is 2.72. The Morgan fingerprint density at radius 2 is 1.82 bits per heavy atom. The molecule has 0 bridgehead atoms. The van der Waals surface area contributed by atoms with Gasteiger partial charge in [0.25, 0.3) is 0 Å². The molecule has 0 radical (unpaired) electrons. The van der Waals surface area contributed by atoms with E-state index in [1.807, 2.05) is 49.4 Å². The van der Waals surface area contributed by atoms with Crippen LogP contribution >= 0.6 is 0 Å². The van der Waals surface area contributed by atoms with Crippen LogP contribution in [0.1, 0.15) is 16.7 Å². The van der Waals surface area contributed by atoms with Crippen LogP contribution in [-0.4, -0.2) is 5.84 Å². The fraction of sp³-hybridized carbons (Fsp3) is 0.133. The zero-order valence-electron chi connectivity index (χ0n) is 9.90. The van der Waals surface area contributed by atoms with Crippen LogP contribution < -0.4 is 5.32 Å². The molecule has 0 spiro atoms. The maximum atomic E-state index is 7.96. The van der Waals surface area contributed by atoms with Gasteiger partial charge in [-0.15, -0.1) is 0 Å². The quantitative estimate of drug-likeness (QED) is 0.610. The maximum Gasteiger partial charge on any atom is 0.125 e. The van der Waals surface area contributed by atoms with Crippen LogP contribution in [0.2, 0.25) is 0 Å². The van der Waals surface area contributed by atoms with Crippen molar-refractivity contribution in [3.63, 3.8) is 0 Å². The maximum absolute atomic E-state index is 7.96. The monoisotopic (exact) mass is 224 g/mol. The fourth-order valence-corrected chi connectivity index (χ4v) is 1.69. The molecule has 0 aliphatic carbocycles. The molecule has 0 aliphatic rings. The van der Waals surface area contributed by atoms with Gasteiger partial charge >= 0.3 is 0 Å². The highest BCUT2D eigenvalue weighted by Crippen LogP contribution is 2.04. The molecule has 2 aromatic carbocycles. The zero-order chi connectivity index (χ0) is 12.1. The molecular weight excluding hydrogens is 208 g/mol. The molecule has 2 heteroatoms. The van der Waals surface area contributed by atoms with Gasteiger partial charge in [0.05, 0.1) is 0 Å². The molecule has 0 unspecified atom stereocenters. The first kappa shape index (κ1) is 11.4. The summed E-state index contributed by atoms with van der Waals surface area (Å²) < 4.78 is 0. The van der Waals surface area contributed by atoms with Gasteiger partial charge in [-0.25, -0.2) is 0 Å². The molecule has 0 heterocycles. The summed E-state index contributed by atoms with van der Waals surface area (Å²) in [6.07, 6.45) is 0. The van der Waals surface area contributed by atoms with E-state index in [0.29, 0.717) is 12.4 Å². The summed E-state index contributed by atoms with van der Waals surface area (Å²) in [4.78, 5) is 0. The molecule has 0 saturated carbocycles. The van der Waals surface area contributed by atoms with E-state index in [1.54, 1.807) is 0 Å². The van der Waals surface area contributed by atoms with Crippen LogP contribution in [0.25, 0.3) is 0 Å². The van der Waals surface area contributed by atoms with Crippen LogP contribution in [-0.2, 0) is 6.54 Å². The van der Waals surface area contributed by atoms with Crippen LogP contribution in [0.4, 0.5) is 0 Å². The van der Waals surface area contributed by atoms with Crippen LogP contribution in [0.15, 0.2) is 54.6 Å². The van der Waals surface area contributed by atoms with Crippen LogP contribution in [0.5, 0.6) is 0 Å². The number of nitrogens with one attached hydrogen (secondary N) is 2. The average molecular weight is 224 g/mol. The Labute approximate surface area is 102 Å². The van der Waals surface area contributed by atoms with Gasteiger partial charge in [0.2, 0.25) is 0 Å². The highest BCUT2D eigenvalue weighted by molar-refractivity contribution is 5.96. The van der Waals surface area contributed by atoms with E-state index in [2.05, 4.69) is 17.4 Å². The van der Waals surface area contributed by atoms with Gasteiger partial charge in [-0.3, -0.25) is 5.41 Å². The Morgan fingerprint density at radius 1 is 1.06 bits per heavy atom. The Morgan fingerprint density at radius 3 is 2.53 bits per heavy atom. The van der Waals surface area contributed by atoms with E-state index in [4.69, 9.17) is 5.41 Å². The first-order chi connectivity index (χ1) is 8.25. The van der Waals surface area contributed by atoms with E-state index in [0.717, 1.165) is 5.56 Å². The van der Waals surface area contributed by atoms with E-state index < -0.39 is 0 Å². The van der Waals surface area contributed by atoms with Gasteiger partial charge in [-0.2, -0.15) is 0 Å². The fourth-order valence-electron chi connectivity index (χ4n) is 1.69. The molecule has 2 aromatic rings. The van der Waals surface area contributed by atoms with Gasteiger partial charge in [0.1, 0.15) is 5.84 Å². The van der Waals surface area contributed by atoms with Crippen molar-refractivity contribution in [2.75, 3.05) is 0 Å². The molecule has 2 rings (SSSR count). The number of hydrogen-bond donors (Lipinski definition) is 2. The Balaban J connectivity index is 1.98. The summed E-state index contributed by atoms with van der Waals surface area (Å²) in [5.41, 5.74) is 3.29. The Bertz CT molecular complexity index is 503. The number of aryl methyl sites for hydroxylation is 1. The van der Waals surface area contributed by atoms with Crippen molar-refractivity contribution in [3.05, 3.63) is 71.3 Å². The molecule has 17 heavy (non-hydrogen) atoms. The van der Waals surface area contributed by atoms with Crippen molar-refractivity contribution < 1.29 is 0 Å². The summed E-state index contributed by atoms with van der Waals surface area (Å²) in [6, 6.07) is 18.1. The van der Waals surface area contributed by atoms with Crippen molar-refractivity contribution in [2.24, 2.45) is 0 Å². The van der Waals surface area contributed by atoms with E-state index in [1.165, 1.54) is 11.1 Å². The molecule has 0 saturated heterocycles. The molecule has 0 amide bonds. The SMILES string of the molecule is Cc1cccc(C(=N)NCc2ccccc2)c1. The second kappa shape index (κ2) is 5.30. The molecule has 2 N–H and O–H groups in total. The lowest BCUT2D eigenvalue weighted by molar-refractivity contribution is 0.908. The minimum atomic E-state index is 0.470.